The Balaban J connectivity index is 1.75. The highest BCUT2D eigenvalue weighted by Crippen LogP contribution is 2.29. The van der Waals surface area contributed by atoms with Crippen molar-refractivity contribution in [1.29, 1.82) is 0 Å². The minimum Gasteiger partial charge on any atom is -0.309 e. The van der Waals surface area contributed by atoms with Crippen molar-refractivity contribution < 1.29 is 9.72 Å². The van der Waals surface area contributed by atoms with Gasteiger partial charge in [0.1, 0.15) is 0 Å². The fraction of sp³-hybridized carbons (Fsp3) is 0.0435. The van der Waals surface area contributed by atoms with E-state index in [0.29, 0.717) is 27.3 Å². The predicted molar refractivity (Wildman–Crippen MR) is 126 cm³/mol. The van der Waals surface area contributed by atoms with Crippen molar-refractivity contribution >= 4 is 40.0 Å². The quantitative estimate of drug-likeness (QED) is 0.342. The van der Waals surface area contributed by atoms with Gasteiger partial charge in [0.25, 0.3) is 11.6 Å². The number of aromatic nitrogens is 2. The maximum Gasteiger partial charge on any atom is 0.279 e. The Morgan fingerprint density at radius 3 is 2.73 bits per heavy atom. The largest absolute Gasteiger partial charge is 0.309 e. The van der Waals surface area contributed by atoms with E-state index >= 15 is 0 Å². The summed E-state index contributed by atoms with van der Waals surface area (Å²) < 4.78 is 1.56. The highest BCUT2D eigenvalue weighted by molar-refractivity contribution is 7.07. The molecule has 9 nitrogen and oxygen atoms in total. The molecule has 0 radical (unpaired) electrons. The third kappa shape index (κ3) is 3.72. The van der Waals surface area contributed by atoms with Crippen LogP contribution in [0.25, 0.3) is 11.3 Å². The molecule has 2 aromatic carbocycles. The fourth-order valence-corrected chi connectivity index (χ4v) is 4.38. The zero-order valence-electron chi connectivity index (χ0n) is 17.3. The summed E-state index contributed by atoms with van der Waals surface area (Å²) in [7, 11) is 1.70. The van der Waals surface area contributed by atoms with Crippen LogP contribution in [-0.4, -0.2) is 33.2 Å². The number of non-ortho nitro benzene ring substituents is 1. The molecular weight excluding hydrogens is 440 g/mol. The second-order valence-electron chi connectivity index (χ2n) is 7.18. The number of para-hydroxylation sites is 1. The van der Waals surface area contributed by atoms with E-state index in [0.717, 1.165) is 5.69 Å². The molecule has 0 aliphatic carbocycles. The Labute approximate surface area is 191 Å². The lowest BCUT2D eigenvalue weighted by atomic mass is 10.1. The number of amides is 1. The van der Waals surface area contributed by atoms with E-state index in [9.17, 15) is 14.9 Å². The number of anilines is 1. The molecule has 33 heavy (non-hydrogen) atoms. The van der Waals surface area contributed by atoms with Crippen LogP contribution in [0.1, 0.15) is 5.56 Å². The molecule has 0 saturated heterocycles. The number of nitro benzene ring substituents is 1. The van der Waals surface area contributed by atoms with E-state index < -0.39 is 4.92 Å². The lowest BCUT2D eigenvalue weighted by Gasteiger charge is -2.07. The van der Waals surface area contributed by atoms with Crippen LogP contribution < -0.4 is 9.70 Å². The number of benzene rings is 2. The number of carbonyl (C=O) groups is 1. The Morgan fingerprint density at radius 1 is 1.09 bits per heavy atom. The first-order valence-corrected chi connectivity index (χ1v) is 10.8. The van der Waals surface area contributed by atoms with Crippen LogP contribution in [0.15, 0.2) is 88.5 Å². The number of pyridine rings is 1. The van der Waals surface area contributed by atoms with Crippen LogP contribution in [0.3, 0.4) is 0 Å². The highest BCUT2D eigenvalue weighted by Gasteiger charge is 2.31. The molecule has 0 saturated carbocycles. The number of nitro groups is 1. The molecule has 0 N–H and O–H groups in total. The minimum absolute atomic E-state index is 0.0364. The molecule has 0 fully saturated rings. The van der Waals surface area contributed by atoms with Gasteiger partial charge in [0.2, 0.25) is 4.80 Å². The number of hydrogen-bond acceptors (Lipinski definition) is 7. The molecule has 0 unspecified atom stereocenters. The summed E-state index contributed by atoms with van der Waals surface area (Å²) in [5.74, 6) is -0.243. The maximum atomic E-state index is 13.0. The zero-order chi connectivity index (χ0) is 22.9. The lowest BCUT2D eigenvalue weighted by molar-refractivity contribution is -0.384. The van der Waals surface area contributed by atoms with Gasteiger partial charge in [0.15, 0.2) is 5.71 Å². The van der Waals surface area contributed by atoms with E-state index in [2.05, 4.69) is 9.98 Å². The predicted octanol–water partition coefficient (Wildman–Crippen LogP) is 3.98. The second-order valence-corrected chi connectivity index (χ2v) is 8.01. The summed E-state index contributed by atoms with van der Waals surface area (Å²) in [6.07, 6.45) is 3.27. The standard InChI is InChI=1S/C23H16N6O3S/c1-27-19-10-3-2-9-18(19)21(22(27)30)26-28-20(15-6-4-8-17(12-15)29(31)32)14-33-23(28)25-16-7-5-11-24-13-16/h2-14H,1H3. The minimum atomic E-state index is -0.446. The topological polar surface area (TPSA) is 106 Å². The summed E-state index contributed by atoms with van der Waals surface area (Å²) in [5, 5.41) is 17.8. The summed E-state index contributed by atoms with van der Waals surface area (Å²) in [5.41, 5.74) is 3.49. The van der Waals surface area contributed by atoms with Gasteiger partial charge in [-0.2, -0.15) is 5.10 Å². The number of carbonyl (C=O) groups excluding carboxylic acids is 1. The zero-order valence-corrected chi connectivity index (χ0v) is 18.1. The van der Waals surface area contributed by atoms with Crippen molar-refractivity contribution in [1.82, 2.24) is 9.66 Å². The maximum absolute atomic E-state index is 13.0. The molecule has 0 spiro atoms. The molecule has 3 heterocycles. The van der Waals surface area contributed by atoms with E-state index in [1.54, 1.807) is 53.3 Å². The van der Waals surface area contributed by atoms with Crippen molar-refractivity contribution in [2.24, 2.45) is 10.1 Å². The molecule has 1 aliphatic rings. The van der Waals surface area contributed by atoms with Crippen LogP contribution in [0.2, 0.25) is 0 Å². The van der Waals surface area contributed by atoms with Gasteiger partial charge in [-0.25, -0.2) is 9.67 Å². The monoisotopic (exact) mass is 456 g/mol. The van der Waals surface area contributed by atoms with Gasteiger partial charge in [-0.05, 0) is 18.2 Å². The molecular formula is C23H16N6O3S. The van der Waals surface area contributed by atoms with Crippen molar-refractivity contribution in [2.45, 2.75) is 0 Å². The van der Waals surface area contributed by atoms with Crippen molar-refractivity contribution in [3.8, 4) is 11.3 Å². The number of thiazole rings is 1. The average molecular weight is 456 g/mol. The number of rotatable bonds is 4. The van der Waals surface area contributed by atoms with Crippen molar-refractivity contribution in [2.75, 3.05) is 11.9 Å². The summed E-state index contributed by atoms with van der Waals surface area (Å²) >= 11 is 1.31. The highest BCUT2D eigenvalue weighted by atomic mass is 32.1. The first-order chi connectivity index (χ1) is 16.0. The van der Waals surface area contributed by atoms with E-state index in [1.165, 1.54) is 23.5 Å². The summed E-state index contributed by atoms with van der Waals surface area (Å²) in [6, 6.07) is 17.3. The molecule has 5 rings (SSSR count). The Hall–Kier alpha value is -4.44. The van der Waals surface area contributed by atoms with Gasteiger partial charge in [0.05, 0.1) is 28.2 Å². The van der Waals surface area contributed by atoms with Gasteiger partial charge in [-0.1, -0.05) is 30.3 Å². The number of nitrogens with zero attached hydrogens (tertiary/aromatic N) is 6. The number of fused-ring (bicyclic) bond motifs is 1. The van der Waals surface area contributed by atoms with E-state index in [4.69, 9.17) is 5.10 Å². The first kappa shape index (κ1) is 20.5. The molecule has 4 aromatic rings. The van der Waals surface area contributed by atoms with Crippen LogP contribution in [-0.2, 0) is 4.79 Å². The van der Waals surface area contributed by atoms with Crippen LogP contribution in [0.5, 0.6) is 0 Å². The molecule has 1 aliphatic heterocycles. The first-order valence-electron chi connectivity index (χ1n) is 9.89. The number of likely N-dealkylation sites (N-methyl/N-ethyl adjacent to an activating group) is 1. The molecule has 162 valence electrons. The fourth-order valence-electron chi connectivity index (χ4n) is 3.53. The molecule has 1 amide bonds. The Bertz CT molecular complexity index is 1490. The van der Waals surface area contributed by atoms with Gasteiger partial charge in [0, 0.05) is 41.9 Å². The smallest absolute Gasteiger partial charge is 0.279 e. The third-order valence-electron chi connectivity index (χ3n) is 5.14. The SMILES string of the molecule is CN1C(=O)C(=Nn2c(-c3cccc([N+](=O)[O-])c3)csc2=Nc2cccnc2)c2ccccc21. The molecule has 0 atom stereocenters. The molecule has 2 aromatic heterocycles. The van der Waals surface area contributed by atoms with E-state index in [-0.39, 0.29) is 17.3 Å². The van der Waals surface area contributed by atoms with Crippen LogP contribution >= 0.6 is 11.3 Å². The summed E-state index contributed by atoms with van der Waals surface area (Å²) in [6.45, 7) is 0. The molecule has 0 bridgehead atoms. The average Bonchev–Trinajstić information content (AvgIpc) is 3.34. The van der Waals surface area contributed by atoms with Gasteiger partial charge >= 0.3 is 0 Å². The normalized spacial score (nSPS) is 14.7. The van der Waals surface area contributed by atoms with Crippen LogP contribution in [0.4, 0.5) is 17.1 Å². The van der Waals surface area contributed by atoms with Crippen molar-refractivity contribution in [3.05, 3.63) is 98.9 Å². The Morgan fingerprint density at radius 2 is 1.94 bits per heavy atom. The van der Waals surface area contributed by atoms with Crippen molar-refractivity contribution in [3.63, 3.8) is 0 Å². The Kier molecular flexibility index (Phi) is 5.11. The van der Waals surface area contributed by atoms with Gasteiger partial charge in [-0.3, -0.25) is 19.9 Å². The van der Waals surface area contributed by atoms with Gasteiger partial charge < -0.3 is 4.90 Å². The summed E-state index contributed by atoms with van der Waals surface area (Å²) in [4.78, 5) is 34.6. The third-order valence-corrected chi connectivity index (χ3v) is 5.95. The second kappa shape index (κ2) is 8.24. The number of hydrogen-bond donors (Lipinski definition) is 0. The van der Waals surface area contributed by atoms with Gasteiger partial charge in [-0.15, -0.1) is 11.3 Å². The van der Waals surface area contributed by atoms with E-state index in [1.807, 2.05) is 29.6 Å². The molecule has 10 heteroatoms. The van der Waals surface area contributed by atoms with Crippen LogP contribution in [0, 0.1) is 10.1 Å². The lowest BCUT2D eigenvalue weighted by Crippen LogP contribution is -2.27.